The summed E-state index contributed by atoms with van der Waals surface area (Å²) in [5.41, 5.74) is 10.1. The van der Waals surface area contributed by atoms with Crippen molar-refractivity contribution in [2.75, 3.05) is 53.4 Å². The number of hydrogen-bond donors (Lipinski definition) is 4. The smallest absolute Gasteiger partial charge is 0.381 e. The zero-order valence-electron chi connectivity index (χ0n) is 16.5. The van der Waals surface area contributed by atoms with Gasteiger partial charge in [0.05, 0.1) is 6.54 Å². The third-order valence-corrected chi connectivity index (χ3v) is 2.84. The molecule has 0 radical (unpaired) electrons. The second-order valence-electron chi connectivity index (χ2n) is 5.33. The Hall–Kier alpha value is -1.72. The number of nitrogens with zero attached hydrogens (tertiary/aromatic N) is 2. The van der Waals surface area contributed by atoms with E-state index in [2.05, 4.69) is 22.5 Å². The van der Waals surface area contributed by atoms with Crippen LogP contribution in [0.2, 0.25) is 0 Å². The Kier molecular flexibility index (Phi) is 24.8. The van der Waals surface area contributed by atoms with Crippen LogP contribution in [0.25, 0.3) is 0 Å². The van der Waals surface area contributed by atoms with Gasteiger partial charge in [-0.25, -0.2) is 0 Å². The van der Waals surface area contributed by atoms with Crippen molar-refractivity contribution in [1.29, 1.82) is 0 Å². The molecule has 0 atom stereocenters. The molecule has 8 nitrogen and oxygen atoms in total. The van der Waals surface area contributed by atoms with Gasteiger partial charge in [0.2, 0.25) is 6.41 Å². The van der Waals surface area contributed by atoms with Crippen molar-refractivity contribution in [3.8, 4) is 0 Å². The van der Waals surface area contributed by atoms with Crippen molar-refractivity contribution < 1.29 is 22.8 Å². The Morgan fingerprint density at radius 3 is 2.07 bits per heavy atom. The van der Waals surface area contributed by atoms with Crippen LogP contribution >= 0.6 is 0 Å². The van der Waals surface area contributed by atoms with Crippen molar-refractivity contribution in [3.05, 3.63) is 0 Å². The largest absolute Gasteiger partial charge is 0.401 e. The van der Waals surface area contributed by atoms with Crippen LogP contribution in [-0.4, -0.2) is 83.0 Å². The number of nitrogens with two attached hydrogens (primary N) is 2. The number of aldehydes is 1. The van der Waals surface area contributed by atoms with Gasteiger partial charge >= 0.3 is 6.18 Å². The maximum Gasteiger partial charge on any atom is 0.401 e. The molecule has 0 aromatic carbocycles. The number of alkyl halides is 3. The molecule has 0 saturated carbocycles. The second kappa shape index (κ2) is 22.3. The predicted octanol–water partition coefficient (Wildman–Crippen LogP) is 0.124. The molecule has 0 bridgehead atoms. The number of amidine groups is 1. The van der Waals surface area contributed by atoms with Crippen LogP contribution in [0, 0.1) is 0 Å². The second-order valence-corrected chi connectivity index (χ2v) is 5.33. The zero-order valence-corrected chi connectivity index (χ0v) is 16.5. The summed E-state index contributed by atoms with van der Waals surface area (Å²) < 4.78 is 36.5. The number of nitrogens with one attached hydrogen (secondary N) is 2. The van der Waals surface area contributed by atoms with E-state index in [1.807, 2.05) is 7.05 Å². The van der Waals surface area contributed by atoms with E-state index >= 15 is 0 Å². The molecule has 0 aliphatic heterocycles. The minimum atomic E-state index is -4.19. The first-order chi connectivity index (χ1) is 12.7. The number of carbonyl (C=O) groups is 2. The van der Waals surface area contributed by atoms with Gasteiger partial charge in [-0.05, 0) is 45.9 Å². The molecular formula is C16H35F3N6O2. The minimum absolute atomic E-state index is 0.0370. The summed E-state index contributed by atoms with van der Waals surface area (Å²) in [6.45, 7) is 3.77. The third kappa shape index (κ3) is 32.4. The maximum atomic E-state index is 12.2. The van der Waals surface area contributed by atoms with Crippen LogP contribution in [0.4, 0.5) is 13.2 Å². The SMILES string of the molecule is CCCNC.CN=C(N)C=O.NCCCN(CCCNC=O)CC(F)(F)F. The molecule has 162 valence electrons. The number of aliphatic imine (C=N–C) groups is 1. The molecular weight excluding hydrogens is 365 g/mol. The summed E-state index contributed by atoms with van der Waals surface area (Å²) in [5.74, 6) is 0.0370. The molecule has 11 heteroatoms. The van der Waals surface area contributed by atoms with E-state index in [9.17, 15) is 22.8 Å². The Balaban J connectivity index is -0.000000428. The van der Waals surface area contributed by atoms with E-state index in [0.29, 0.717) is 51.7 Å². The molecule has 0 spiro atoms. The van der Waals surface area contributed by atoms with Gasteiger partial charge in [-0.2, -0.15) is 13.2 Å². The lowest BCUT2D eigenvalue weighted by molar-refractivity contribution is -0.146. The minimum Gasteiger partial charge on any atom is -0.381 e. The van der Waals surface area contributed by atoms with Crippen molar-refractivity contribution >= 4 is 18.5 Å². The topological polar surface area (TPSA) is 126 Å². The van der Waals surface area contributed by atoms with E-state index in [4.69, 9.17) is 11.5 Å². The fourth-order valence-corrected chi connectivity index (χ4v) is 1.60. The number of carbonyl (C=O) groups excluding carboxylic acids is 2. The van der Waals surface area contributed by atoms with E-state index in [1.165, 1.54) is 18.4 Å². The highest BCUT2D eigenvalue weighted by atomic mass is 19.4. The molecule has 0 saturated heterocycles. The van der Waals surface area contributed by atoms with Gasteiger partial charge in [-0.15, -0.1) is 0 Å². The molecule has 0 aliphatic rings. The lowest BCUT2D eigenvalue weighted by atomic mass is 10.3. The molecule has 1 amide bonds. The summed E-state index contributed by atoms with van der Waals surface area (Å²) in [5, 5.41) is 5.43. The van der Waals surface area contributed by atoms with E-state index < -0.39 is 12.7 Å². The van der Waals surface area contributed by atoms with Gasteiger partial charge in [0, 0.05) is 20.1 Å². The van der Waals surface area contributed by atoms with Crippen molar-refractivity contribution in [3.63, 3.8) is 0 Å². The van der Waals surface area contributed by atoms with Gasteiger partial charge in [0.1, 0.15) is 0 Å². The summed E-state index contributed by atoms with van der Waals surface area (Å²) in [4.78, 5) is 24.0. The van der Waals surface area contributed by atoms with E-state index in [1.54, 1.807) is 0 Å². The Bertz CT molecular complexity index is 367. The Labute approximate surface area is 159 Å². The summed E-state index contributed by atoms with van der Waals surface area (Å²) >= 11 is 0. The van der Waals surface area contributed by atoms with Crippen LogP contribution in [0.3, 0.4) is 0 Å². The molecule has 0 aliphatic carbocycles. The fraction of sp³-hybridized carbons (Fsp3) is 0.812. The molecule has 27 heavy (non-hydrogen) atoms. The molecule has 0 rings (SSSR count). The normalized spacial score (nSPS) is 11.0. The first kappa shape index (κ1) is 30.0. The number of hydrogen-bond acceptors (Lipinski definition) is 6. The van der Waals surface area contributed by atoms with Crippen molar-refractivity contribution in [2.45, 2.75) is 32.4 Å². The fourth-order valence-electron chi connectivity index (χ4n) is 1.60. The van der Waals surface area contributed by atoms with Crippen LogP contribution in [0.15, 0.2) is 4.99 Å². The molecule has 0 fully saturated rings. The van der Waals surface area contributed by atoms with Crippen molar-refractivity contribution in [2.24, 2.45) is 16.5 Å². The van der Waals surface area contributed by atoms with Gasteiger partial charge in [0.25, 0.3) is 0 Å². The molecule has 0 aromatic heterocycles. The Morgan fingerprint density at radius 1 is 1.19 bits per heavy atom. The highest BCUT2D eigenvalue weighted by Gasteiger charge is 2.30. The summed E-state index contributed by atoms with van der Waals surface area (Å²) in [6.07, 6.45) is -0.881. The van der Waals surface area contributed by atoms with Crippen LogP contribution in [-0.2, 0) is 9.59 Å². The lowest BCUT2D eigenvalue weighted by Crippen LogP contribution is -2.37. The first-order valence-corrected chi connectivity index (χ1v) is 8.70. The molecule has 6 N–H and O–H groups in total. The number of rotatable bonds is 12. The maximum absolute atomic E-state index is 12.2. The quantitative estimate of drug-likeness (QED) is 0.160. The number of halogens is 3. The lowest BCUT2D eigenvalue weighted by Gasteiger charge is -2.23. The number of amides is 1. The monoisotopic (exact) mass is 400 g/mol. The average Bonchev–Trinajstić information content (AvgIpc) is 2.63. The van der Waals surface area contributed by atoms with Gasteiger partial charge in [-0.1, -0.05) is 6.92 Å². The zero-order chi connectivity index (χ0) is 21.6. The highest BCUT2D eigenvalue weighted by Crippen LogP contribution is 2.16. The summed E-state index contributed by atoms with van der Waals surface area (Å²) in [7, 11) is 3.42. The molecule has 0 unspecified atom stereocenters. The van der Waals surface area contributed by atoms with Gasteiger partial charge in [0.15, 0.2) is 12.1 Å². The van der Waals surface area contributed by atoms with Gasteiger partial charge in [-0.3, -0.25) is 19.5 Å². The van der Waals surface area contributed by atoms with Gasteiger partial charge < -0.3 is 22.1 Å². The van der Waals surface area contributed by atoms with E-state index in [-0.39, 0.29) is 5.84 Å². The summed E-state index contributed by atoms with van der Waals surface area (Å²) in [6, 6.07) is 0. The standard InChI is InChI=1S/C9H18F3N3O.C4H11N.C3H6N2O/c10-9(11,12)7-15(5-1-3-13)6-2-4-14-8-16;1-3-4-5-2;1-5-3(4)2-6/h8H,1-7,13H2,(H,14,16);5H,3-4H2,1-2H3;2H,1H3,(H2,4,5). The third-order valence-electron chi connectivity index (χ3n) is 2.84. The van der Waals surface area contributed by atoms with Crippen molar-refractivity contribution in [1.82, 2.24) is 15.5 Å². The highest BCUT2D eigenvalue weighted by molar-refractivity contribution is 6.26. The average molecular weight is 400 g/mol. The molecule has 0 heterocycles. The van der Waals surface area contributed by atoms with Crippen LogP contribution in [0.5, 0.6) is 0 Å². The van der Waals surface area contributed by atoms with Crippen LogP contribution in [0.1, 0.15) is 26.2 Å². The molecule has 0 aromatic rings. The Morgan fingerprint density at radius 2 is 1.78 bits per heavy atom. The predicted molar refractivity (Wildman–Crippen MR) is 103 cm³/mol. The van der Waals surface area contributed by atoms with E-state index in [0.717, 1.165) is 6.54 Å². The first-order valence-electron chi connectivity index (χ1n) is 8.70. The van der Waals surface area contributed by atoms with Crippen LogP contribution < -0.4 is 22.1 Å².